The van der Waals surface area contributed by atoms with Crippen LogP contribution in [0.5, 0.6) is 0 Å². The van der Waals surface area contributed by atoms with Crippen molar-refractivity contribution in [3.05, 3.63) is 35.9 Å². The Bertz CT molecular complexity index is 689. The van der Waals surface area contributed by atoms with Gasteiger partial charge in [-0.05, 0) is 54.7 Å². The zero-order valence-corrected chi connectivity index (χ0v) is 24.0. The van der Waals surface area contributed by atoms with Gasteiger partial charge in [-0.15, -0.1) is 0 Å². The third-order valence-corrected chi connectivity index (χ3v) is 17.0. The number of hydrogen-bond acceptors (Lipinski definition) is 3. The Labute approximate surface area is 194 Å². The van der Waals surface area contributed by atoms with E-state index >= 15 is 0 Å². The number of hydrogen-bond donors (Lipinski definition) is 0. The number of ether oxygens (including phenoxy) is 1. The van der Waals surface area contributed by atoms with Crippen molar-refractivity contribution < 1.29 is 13.6 Å². The first-order chi connectivity index (χ1) is 14.0. The molecule has 0 heterocycles. The molecule has 1 fully saturated rings. The summed E-state index contributed by atoms with van der Waals surface area (Å²) in [7, 11) is -3.73. The Morgan fingerprint density at radius 1 is 0.774 bits per heavy atom. The number of benzene rings is 1. The quantitative estimate of drug-likeness (QED) is 0.385. The summed E-state index contributed by atoms with van der Waals surface area (Å²) in [5, 5.41) is 0.395. The normalized spacial score (nSPS) is 26.2. The summed E-state index contributed by atoms with van der Waals surface area (Å²) in [6, 6.07) is 10.5. The van der Waals surface area contributed by atoms with Crippen molar-refractivity contribution in [3.63, 3.8) is 0 Å². The lowest BCUT2D eigenvalue weighted by Gasteiger charge is -2.48. The van der Waals surface area contributed by atoms with E-state index in [4.69, 9.17) is 13.6 Å². The molecule has 1 aliphatic carbocycles. The Morgan fingerprint density at radius 3 is 1.77 bits per heavy atom. The van der Waals surface area contributed by atoms with Crippen LogP contribution in [0.1, 0.15) is 66.9 Å². The first-order valence-corrected chi connectivity index (χ1v) is 17.9. The molecule has 1 aliphatic rings. The van der Waals surface area contributed by atoms with E-state index < -0.39 is 16.6 Å². The molecule has 2 unspecified atom stereocenters. The molecule has 5 heteroatoms. The van der Waals surface area contributed by atoms with Crippen molar-refractivity contribution in [1.29, 1.82) is 0 Å². The van der Waals surface area contributed by atoms with Crippen molar-refractivity contribution in [2.24, 2.45) is 5.92 Å². The van der Waals surface area contributed by atoms with Gasteiger partial charge in [-0.25, -0.2) is 0 Å². The molecule has 4 atom stereocenters. The molecule has 31 heavy (non-hydrogen) atoms. The van der Waals surface area contributed by atoms with E-state index in [2.05, 4.69) is 105 Å². The van der Waals surface area contributed by atoms with Crippen LogP contribution in [0.15, 0.2) is 30.3 Å². The fourth-order valence-corrected chi connectivity index (χ4v) is 6.48. The molecule has 0 N–H and O–H groups in total. The fraction of sp³-hybridized carbons (Fsp3) is 0.769. The van der Waals surface area contributed by atoms with Crippen LogP contribution in [0.3, 0.4) is 0 Å². The minimum atomic E-state index is -1.88. The fourth-order valence-electron chi connectivity index (χ4n) is 3.68. The van der Waals surface area contributed by atoms with Gasteiger partial charge in [-0.2, -0.15) is 0 Å². The molecule has 0 radical (unpaired) electrons. The summed E-state index contributed by atoms with van der Waals surface area (Å²) in [6.07, 6.45) is 2.47. The minimum Gasteiger partial charge on any atom is -0.414 e. The average molecular weight is 465 g/mol. The Hall–Kier alpha value is -0.466. The van der Waals surface area contributed by atoms with Gasteiger partial charge in [0.05, 0.1) is 18.8 Å². The molecule has 178 valence electrons. The van der Waals surface area contributed by atoms with E-state index in [1.807, 2.05) is 0 Å². The maximum atomic E-state index is 6.96. The maximum Gasteiger partial charge on any atom is 0.192 e. The van der Waals surface area contributed by atoms with Crippen LogP contribution in [0, 0.1) is 5.92 Å². The molecule has 1 aromatic rings. The van der Waals surface area contributed by atoms with Crippen molar-refractivity contribution in [2.75, 3.05) is 0 Å². The molecule has 2 rings (SSSR count). The zero-order valence-electron chi connectivity index (χ0n) is 22.0. The lowest BCUT2D eigenvalue weighted by Crippen LogP contribution is -2.53. The molecular weight excluding hydrogens is 416 g/mol. The first-order valence-electron chi connectivity index (χ1n) is 12.0. The summed E-state index contributed by atoms with van der Waals surface area (Å²) < 4.78 is 20.4. The molecule has 0 aliphatic heterocycles. The lowest BCUT2D eigenvalue weighted by atomic mass is 9.83. The molecule has 3 nitrogen and oxygen atoms in total. The van der Waals surface area contributed by atoms with Crippen LogP contribution in [0.4, 0.5) is 0 Å². The highest BCUT2D eigenvalue weighted by Gasteiger charge is 2.46. The summed E-state index contributed by atoms with van der Waals surface area (Å²) in [5.74, 6) is 0.358. The molecule has 1 aromatic carbocycles. The minimum absolute atomic E-state index is 0.151. The number of rotatable bonds is 7. The van der Waals surface area contributed by atoms with E-state index in [1.54, 1.807) is 0 Å². The van der Waals surface area contributed by atoms with E-state index in [0.29, 0.717) is 12.5 Å². The van der Waals surface area contributed by atoms with Crippen LogP contribution >= 0.6 is 0 Å². The summed E-state index contributed by atoms with van der Waals surface area (Å²) in [5.41, 5.74) is 1.23. The lowest BCUT2D eigenvalue weighted by molar-refractivity contribution is -0.0939. The van der Waals surface area contributed by atoms with Gasteiger partial charge >= 0.3 is 0 Å². The third kappa shape index (κ3) is 7.01. The molecule has 0 amide bonds. The predicted octanol–water partition coefficient (Wildman–Crippen LogP) is 7.78. The average Bonchev–Trinajstić information content (AvgIpc) is 2.61. The highest BCUT2D eigenvalue weighted by molar-refractivity contribution is 6.74. The van der Waals surface area contributed by atoms with Crippen LogP contribution < -0.4 is 0 Å². The summed E-state index contributed by atoms with van der Waals surface area (Å²) >= 11 is 0. The monoisotopic (exact) mass is 464 g/mol. The topological polar surface area (TPSA) is 27.7 Å². The standard InChI is InChI=1S/C26H48O3Si2/c1-20-23(27-19-21-15-13-12-14-16-21)17-22(28-30(8,9)25(2,3)4)18-24(20)29-31(10,11)26(5,6)7/h12-16,20,22-24H,17-19H2,1-11H3/t20?,22-,23?,24+/m1/s1. The molecule has 0 spiro atoms. The van der Waals surface area contributed by atoms with Crippen molar-refractivity contribution in [3.8, 4) is 0 Å². The van der Waals surface area contributed by atoms with Crippen molar-refractivity contribution in [2.45, 2.75) is 122 Å². The molecule has 0 saturated heterocycles. The highest BCUT2D eigenvalue weighted by Crippen LogP contribution is 2.43. The third-order valence-electron chi connectivity index (χ3n) is 7.99. The van der Waals surface area contributed by atoms with E-state index in [-0.39, 0.29) is 28.4 Å². The van der Waals surface area contributed by atoms with Gasteiger partial charge in [0.15, 0.2) is 16.6 Å². The SMILES string of the molecule is CC1C(OCc2ccccc2)C[C@@H](O[Si](C)(C)C(C)(C)C)C[C@@H]1O[Si](C)(C)C(C)(C)C. The largest absolute Gasteiger partial charge is 0.414 e. The first kappa shape index (κ1) is 26.8. The Balaban J connectivity index is 2.21. The Kier molecular flexibility index (Phi) is 8.47. The summed E-state index contributed by atoms with van der Waals surface area (Å²) in [6.45, 7) is 26.3. The van der Waals surface area contributed by atoms with Crippen molar-refractivity contribution in [1.82, 2.24) is 0 Å². The Morgan fingerprint density at radius 2 is 1.26 bits per heavy atom. The van der Waals surface area contributed by atoms with Gasteiger partial charge in [0, 0.05) is 12.0 Å². The molecule has 0 aromatic heterocycles. The molecule has 1 saturated carbocycles. The second-order valence-corrected chi connectivity index (χ2v) is 22.1. The van der Waals surface area contributed by atoms with Gasteiger partial charge in [0.1, 0.15) is 0 Å². The van der Waals surface area contributed by atoms with Gasteiger partial charge in [-0.1, -0.05) is 78.8 Å². The second kappa shape index (κ2) is 9.80. The van der Waals surface area contributed by atoms with Crippen molar-refractivity contribution >= 4 is 16.6 Å². The van der Waals surface area contributed by atoms with Crippen LogP contribution in [-0.4, -0.2) is 34.9 Å². The second-order valence-electron chi connectivity index (χ2n) is 12.6. The smallest absolute Gasteiger partial charge is 0.192 e. The predicted molar refractivity (Wildman–Crippen MR) is 138 cm³/mol. The van der Waals surface area contributed by atoms with Gasteiger partial charge in [0.2, 0.25) is 0 Å². The zero-order chi connectivity index (χ0) is 23.7. The van der Waals surface area contributed by atoms with E-state index in [1.165, 1.54) is 5.56 Å². The van der Waals surface area contributed by atoms with Gasteiger partial charge < -0.3 is 13.6 Å². The van der Waals surface area contributed by atoms with Crippen LogP contribution in [0.25, 0.3) is 0 Å². The molecule has 0 bridgehead atoms. The van der Waals surface area contributed by atoms with Crippen LogP contribution in [0.2, 0.25) is 36.3 Å². The highest BCUT2D eigenvalue weighted by atomic mass is 28.4. The van der Waals surface area contributed by atoms with Gasteiger partial charge in [0.25, 0.3) is 0 Å². The molecular formula is C26H48O3Si2. The maximum absolute atomic E-state index is 6.96. The van der Waals surface area contributed by atoms with E-state index in [9.17, 15) is 0 Å². The van der Waals surface area contributed by atoms with Crippen LogP contribution in [-0.2, 0) is 20.2 Å². The van der Waals surface area contributed by atoms with E-state index in [0.717, 1.165) is 12.8 Å². The van der Waals surface area contributed by atoms with Gasteiger partial charge in [-0.3, -0.25) is 0 Å². The summed E-state index contributed by atoms with van der Waals surface area (Å²) in [4.78, 5) is 0.